The average Bonchev–Trinajstić information content (AvgIpc) is 2.80. The highest BCUT2D eigenvalue weighted by molar-refractivity contribution is 5.93. The van der Waals surface area contributed by atoms with Gasteiger partial charge in [0.2, 0.25) is 0 Å². The Morgan fingerprint density at radius 2 is 2.14 bits per heavy atom. The summed E-state index contributed by atoms with van der Waals surface area (Å²) in [5.74, 6) is -0.0521. The van der Waals surface area contributed by atoms with Crippen LogP contribution >= 0.6 is 0 Å². The minimum absolute atomic E-state index is 0.0521. The molecule has 21 heavy (non-hydrogen) atoms. The van der Waals surface area contributed by atoms with Crippen LogP contribution in [0, 0.1) is 6.92 Å². The summed E-state index contributed by atoms with van der Waals surface area (Å²) in [5.41, 5.74) is 8.86. The van der Waals surface area contributed by atoms with Crippen LogP contribution in [0.2, 0.25) is 0 Å². The second kappa shape index (κ2) is 5.99. The van der Waals surface area contributed by atoms with Gasteiger partial charge in [0.05, 0.1) is 17.9 Å². The molecule has 2 aromatic rings. The molecule has 0 bridgehead atoms. The summed E-state index contributed by atoms with van der Waals surface area (Å²) in [5, 5.41) is 0. The summed E-state index contributed by atoms with van der Waals surface area (Å²) in [6, 6.07) is 7.72. The lowest BCUT2D eigenvalue weighted by molar-refractivity contribution is 0.0771. The predicted octanol–water partition coefficient (Wildman–Crippen LogP) is 2.63. The Morgan fingerprint density at radius 3 is 2.76 bits per heavy atom. The number of anilines is 1. The van der Waals surface area contributed by atoms with Crippen LogP contribution in [0.5, 0.6) is 0 Å². The zero-order valence-electron chi connectivity index (χ0n) is 13.0. The Balaban J connectivity index is 2.20. The third-order valence-corrected chi connectivity index (χ3v) is 3.34. The van der Waals surface area contributed by atoms with Gasteiger partial charge in [-0.05, 0) is 39.0 Å². The van der Waals surface area contributed by atoms with Crippen LogP contribution in [0.3, 0.4) is 0 Å². The van der Waals surface area contributed by atoms with E-state index in [9.17, 15) is 4.79 Å². The molecule has 1 amide bonds. The molecule has 0 atom stereocenters. The van der Waals surface area contributed by atoms with Crippen molar-refractivity contribution < 1.29 is 4.79 Å². The number of aryl methyl sites for hydroxylation is 1. The summed E-state index contributed by atoms with van der Waals surface area (Å²) in [4.78, 5) is 18.7. The van der Waals surface area contributed by atoms with Gasteiger partial charge in [-0.1, -0.05) is 6.07 Å². The first-order valence-electron chi connectivity index (χ1n) is 7.04. The van der Waals surface area contributed by atoms with E-state index in [1.54, 1.807) is 24.2 Å². The van der Waals surface area contributed by atoms with E-state index in [1.165, 1.54) is 0 Å². The van der Waals surface area contributed by atoms with Crippen molar-refractivity contribution in [2.24, 2.45) is 0 Å². The lowest BCUT2D eigenvalue weighted by Crippen LogP contribution is -2.29. The van der Waals surface area contributed by atoms with Crippen molar-refractivity contribution in [1.82, 2.24) is 14.5 Å². The van der Waals surface area contributed by atoms with Crippen LogP contribution in [-0.2, 0) is 6.54 Å². The first kappa shape index (κ1) is 15.1. The van der Waals surface area contributed by atoms with Crippen LogP contribution < -0.4 is 5.73 Å². The second-order valence-corrected chi connectivity index (χ2v) is 5.59. The lowest BCUT2D eigenvalue weighted by atomic mass is 10.2. The number of hydrogen-bond donors (Lipinski definition) is 1. The Bertz CT molecular complexity index is 645. The highest BCUT2D eigenvalue weighted by atomic mass is 16.2. The van der Waals surface area contributed by atoms with Gasteiger partial charge in [0, 0.05) is 25.0 Å². The second-order valence-electron chi connectivity index (χ2n) is 5.59. The van der Waals surface area contributed by atoms with E-state index in [2.05, 4.69) is 4.98 Å². The van der Waals surface area contributed by atoms with Gasteiger partial charge in [-0.2, -0.15) is 0 Å². The molecule has 2 aromatic heterocycles. The average molecular weight is 286 g/mol. The maximum absolute atomic E-state index is 12.6. The van der Waals surface area contributed by atoms with Gasteiger partial charge >= 0.3 is 0 Å². The molecule has 0 aliphatic rings. The molecule has 0 aliphatic carbocycles. The number of carbonyl (C=O) groups is 1. The molecule has 2 N–H and O–H groups in total. The van der Waals surface area contributed by atoms with Crippen molar-refractivity contribution in [1.29, 1.82) is 0 Å². The molecule has 0 aromatic carbocycles. The lowest BCUT2D eigenvalue weighted by Gasteiger charge is -2.19. The minimum Gasteiger partial charge on any atom is -0.397 e. The molecule has 5 nitrogen and oxygen atoms in total. The monoisotopic (exact) mass is 286 g/mol. The van der Waals surface area contributed by atoms with Crippen LogP contribution in [0.15, 0.2) is 30.5 Å². The number of carbonyl (C=O) groups excluding carboxylic acids is 1. The van der Waals surface area contributed by atoms with Gasteiger partial charge in [0.25, 0.3) is 5.91 Å². The van der Waals surface area contributed by atoms with Crippen molar-refractivity contribution in [3.05, 3.63) is 47.5 Å². The quantitative estimate of drug-likeness (QED) is 0.939. The highest BCUT2D eigenvalue weighted by Crippen LogP contribution is 2.18. The smallest absolute Gasteiger partial charge is 0.270 e. The number of rotatable bonds is 4. The zero-order valence-corrected chi connectivity index (χ0v) is 13.0. The van der Waals surface area contributed by atoms with E-state index in [0.29, 0.717) is 17.9 Å². The van der Waals surface area contributed by atoms with Crippen molar-refractivity contribution in [2.45, 2.75) is 33.4 Å². The fourth-order valence-electron chi connectivity index (χ4n) is 2.30. The number of hydrogen-bond acceptors (Lipinski definition) is 3. The first-order valence-corrected chi connectivity index (χ1v) is 7.04. The van der Waals surface area contributed by atoms with E-state index >= 15 is 0 Å². The van der Waals surface area contributed by atoms with Crippen molar-refractivity contribution in [2.75, 3.05) is 12.8 Å². The first-order chi connectivity index (χ1) is 9.88. The fraction of sp³-hybridized carbons (Fsp3) is 0.375. The maximum atomic E-state index is 12.6. The summed E-state index contributed by atoms with van der Waals surface area (Å²) < 4.78 is 1.90. The maximum Gasteiger partial charge on any atom is 0.270 e. The summed E-state index contributed by atoms with van der Waals surface area (Å²) in [6.07, 6.45) is 1.80. The standard InChI is InChI=1S/C16H22N4O/c1-11(2)20-9-13(17)8-15(20)16(21)19(4)10-14-7-5-6-12(3)18-14/h5-9,11H,10,17H2,1-4H3. The Labute approximate surface area is 125 Å². The van der Waals surface area contributed by atoms with Gasteiger partial charge in [-0.15, -0.1) is 0 Å². The summed E-state index contributed by atoms with van der Waals surface area (Å²) in [6.45, 7) is 6.47. The highest BCUT2D eigenvalue weighted by Gasteiger charge is 2.19. The Kier molecular flexibility index (Phi) is 4.31. The van der Waals surface area contributed by atoms with Gasteiger partial charge in [0.1, 0.15) is 5.69 Å². The fourth-order valence-corrected chi connectivity index (χ4v) is 2.30. The number of nitrogens with two attached hydrogens (primary N) is 1. The molecule has 0 radical (unpaired) electrons. The molecule has 0 fully saturated rings. The number of pyridine rings is 1. The van der Waals surface area contributed by atoms with Crippen LogP contribution in [0.25, 0.3) is 0 Å². The molecule has 5 heteroatoms. The van der Waals surface area contributed by atoms with Crippen LogP contribution in [0.4, 0.5) is 5.69 Å². The predicted molar refractivity (Wildman–Crippen MR) is 84.0 cm³/mol. The number of aromatic nitrogens is 2. The van der Waals surface area contributed by atoms with Gasteiger partial charge in [-0.25, -0.2) is 0 Å². The normalized spacial score (nSPS) is 10.9. The molecule has 0 unspecified atom stereocenters. The Morgan fingerprint density at radius 1 is 1.43 bits per heavy atom. The molecular weight excluding hydrogens is 264 g/mol. The number of nitrogens with zero attached hydrogens (tertiary/aromatic N) is 3. The summed E-state index contributed by atoms with van der Waals surface area (Å²) in [7, 11) is 1.78. The molecule has 2 rings (SSSR count). The molecule has 0 saturated heterocycles. The SMILES string of the molecule is Cc1cccc(CN(C)C(=O)c2cc(N)cn2C(C)C)n1. The third-order valence-electron chi connectivity index (χ3n) is 3.34. The zero-order chi connectivity index (χ0) is 15.6. The van der Waals surface area contributed by atoms with Crippen LogP contribution in [-0.4, -0.2) is 27.4 Å². The minimum atomic E-state index is -0.0521. The third kappa shape index (κ3) is 3.42. The van der Waals surface area contributed by atoms with Crippen molar-refractivity contribution >= 4 is 11.6 Å². The molecule has 112 valence electrons. The van der Waals surface area contributed by atoms with E-state index in [1.807, 2.05) is 43.5 Å². The van der Waals surface area contributed by atoms with Gasteiger partial charge in [0.15, 0.2) is 0 Å². The Hall–Kier alpha value is -2.30. The van der Waals surface area contributed by atoms with Crippen molar-refractivity contribution in [3.63, 3.8) is 0 Å². The molecule has 0 spiro atoms. The molecule has 2 heterocycles. The number of amides is 1. The largest absolute Gasteiger partial charge is 0.397 e. The van der Waals surface area contributed by atoms with Crippen molar-refractivity contribution in [3.8, 4) is 0 Å². The van der Waals surface area contributed by atoms with E-state index < -0.39 is 0 Å². The van der Waals surface area contributed by atoms with Crippen LogP contribution in [0.1, 0.15) is 41.8 Å². The molecule has 0 saturated carbocycles. The van der Waals surface area contributed by atoms with Gasteiger partial charge in [-0.3, -0.25) is 9.78 Å². The molecular formula is C16H22N4O. The topological polar surface area (TPSA) is 64.2 Å². The number of nitrogen functional groups attached to an aromatic ring is 1. The van der Waals surface area contributed by atoms with E-state index in [0.717, 1.165) is 11.4 Å². The molecule has 0 aliphatic heterocycles. The summed E-state index contributed by atoms with van der Waals surface area (Å²) >= 11 is 0. The van der Waals surface area contributed by atoms with E-state index in [-0.39, 0.29) is 11.9 Å². The van der Waals surface area contributed by atoms with Gasteiger partial charge < -0.3 is 15.2 Å². The van der Waals surface area contributed by atoms with E-state index in [4.69, 9.17) is 5.73 Å².